The molecule has 0 unspecified atom stereocenters. The monoisotopic (exact) mass is 308 g/mol. The van der Waals surface area contributed by atoms with Gasteiger partial charge in [0.1, 0.15) is 10.7 Å². The summed E-state index contributed by atoms with van der Waals surface area (Å²) in [7, 11) is -7.84. The minimum atomic E-state index is -4.13. The van der Waals surface area contributed by atoms with Crippen LogP contribution in [0, 0.1) is 11.7 Å². The molecule has 0 radical (unpaired) electrons. The highest BCUT2D eigenvalue weighted by atomic mass is 32.2. The average Bonchev–Trinajstić information content (AvgIpc) is 2.97. The van der Waals surface area contributed by atoms with Gasteiger partial charge in [0.15, 0.2) is 0 Å². The molecular weight excluding hydrogens is 295 g/mol. The van der Waals surface area contributed by atoms with Crippen LogP contribution in [0.3, 0.4) is 0 Å². The summed E-state index contributed by atoms with van der Waals surface area (Å²) in [5.41, 5.74) is -0.358. The Morgan fingerprint density at radius 2 is 1.89 bits per heavy atom. The Labute approximate surface area is 110 Å². The zero-order valence-electron chi connectivity index (χ0n) is 9.84. The minimum Gasteiger partial charge on any atom is -0.282 e. The van der Waals surface area contributed by atoms with Gasteiger partial charge in [-0.1, -0.05) is 0 Å². The lowest BCUT2D eigenvalue weighted by Gasteiger charge is -2.11. The number of primary sulfonamides is 1. The van der Waals surface area contributed by atoms with Crippen LogP contribution in [0.25, 0.3) is 0 Å². The van der Waals surface area contributed by atoms with Crippen molar-refractivity contribution in [3.8, 4) is 0 Å². The molecule has 0 spiro atoms. The molecule has 0 bridgehead atoms. The molecule has 19 heavy (non-hydrogen) atoms. The maximum absolute atomic E-state index is 13.1. The van der Waals surface area contributed by atoms with Crippen molar-refractivity contribution >= 4 is 25.7 Å². The first-order valence-corrected chi connectivity index (χ1v) is 8.70. The molecule has 0 atom stereocenters. The van der Waals surface area contributed by atoms with E-state index < -0.39 is 30.8 Å². The van der Waals surface area contributed by atoms with Gasteiger partial charge in [-0.15, -0.1) is 0 Å². The van der Waals surface area contributed by atoms with Crippen LogP contribution in [-0.4, -0.2) is 22.6 Å². The molecule has 1 aliphatic rings. The van der Waals surface area contributed by atoms with Gasteiger partial charge in [0.2, 0.25) is 20.0 Å². The van der Waals surface area contributed by atoms with E-state index >= 15 is 0 Å². The Morgan fingerprint density at radius 1 is 1.26 bits per heavy atom. The van der Waals surface area contributed by atoms with Crippen LogP contribution in [0.2, 0.25) is 0 Å². The topological polar surface area (TPSA) is 106 Å². The van der Waals surface area contributed by atoms with Gasteiger partial charge in [0, 0.05) is 0 Å². The van der Waals surface area contributed by atoms with Gasteiger partial charge >= 0.3 is 0 Å². The lowest BCUT2D eigenvalue weighted by Crippen LogP contribution is -2.21. The van der Waals surface area contributed by atoms with Crippen molar-refractivity contribution in [3.05, 3.63) is 24.0 Å². The Bertz CT molecular complexity index is 696. The van der Waals surface area contributed by atoms with Crippen molar-refractivity contribution in [1.82, 2.24) is 0 Å². The Morgan fingerprint density at radius 3 is 2.42 bits per heavy atom. The van der Waals surface area contributed by atoms with Crippen molar-refractivity contribution in [2.45, 2.75) is 17.7 Å². The molecule has 3 N–H and O–H groups in total. The van der Waals surface area contributed by atoms with E-state index in [1.807, 2.05) is 0 Å². The van der Waals surface area contributed by atoms with Crippen LogP contribution >= 0.6 is 0 Å². The molecular formula is C10H13FN2O4S2. The highest BCUT2D eigenvalue weighted by Crippen LogP contribution is 2.31. The number of halogens is 1. The van der Waals surface area contributed by atoms with E-state index in [0.29, 0.717) is 0 Å². The first-order chi connectivity index (χ1) is 8.67. The highest BCUT2D eigenvalue weighted by Gasteiger charge is 2.29. The van der Waals surface area contributed by atoms with Gasteiger partial charge in [0.25, 0.3) is 0 Å². The summed E-state index contributed by atoms with van der Waals surface area (Å²) in [5, 5.41) is 4.96. The molecule has 0 saturated heterocycles. The third kappa shape index (κ3) is 3.88. The number of nitrogens with one attached hydrogen (secondary N) is 1. The molecule has 2 rings (SSSR count). The van der Waals surface area contributed by atoms with E-state index in [4.69, 9.17) is 5.14 Å². The predicted octanol–water partition coefficient (Wildman–Crippen LogP) is 0.625. The van der Waals surface area contributed by atoms with E-state index in [1.54, 1.807) is 0 Å². The fourth-order valence-corrected chi connectivity index (χ4v) is 3.91. The number of rotatable bonds is 5. The summed E-state index contributed by atoms with van der Waals surface area (Å²) in [5.74, 6) is -0.770. The summed E-state index contributed by atoms with van der Waals surface area (Å²) in [6.07, 6.45) is 1.65. The van der Waals surface area contributed by atoms with E-state index in [9.17, 15) is 21.2 Å². The van der Waals surface area contributed by atoms with Gasteiger partial charge in [0.05, 0.1) is 11.4 Å². The summed E-state index contributed by atoms with van der Waals surface area (Å²) in [4.78, 5) is -0.451. The first kappa shape index (κ1) is 14.2. The molecule has 0 aliphatic heterocycles. The van der Waals surface area contributed by atoms with Crippen LogP contribution in [-0.2, 0) is 20.0 Å². The second-order valence-corrected chi connectivity index (χ2v) is 7.81. The second kappa shape index (κ2) is 4.73. The van der Waals surface area contributed by atoms with Crippen LogP contribution in [0.5, 0.6) is 0 Å². The van der Waals surface area contributed by atoms with Crippen molar-refractivity contribution in [3.63, 3.8) is 0 Å². The minimum absolute atomic E-state index is 0.0870. The largest absolute Gasteiger partial charge is 0.282 e. The van der Waals surface area contributed by atoms with Crippen LogP contribution in [0.1, 0.15) is 12.8 Å². The van der Waals surface area contributed by atoms with Crippen molar-refractivity contribution < 1.29 is 21.2 Å². The van der Waals surface area contributed by atoms with Crippen molar-refractivity contribution in [2.24, 2.45) is 11.1 Å². The molecule has 0 heterocycles. The van der Waals surface area contributed by atoms with Crippen LogP contribution < -0.4 is 9.86 Å². The molecule has 9 heteroatoms. The predicted molar refractivity (Wildman–Crippen MR) is 67.9 cm³/mol. The van der Waals surface area contributed by atoms with Gasteiger partial charge in [-0.2, -0.15) is 0 Å². The quantitative estimate of drug-likeness (QED) is 0.831. The molecule has 1 aliphatic carbocycles. The normalized spacial score (nSPS) is 16.3. The van der Waals surface area contributed by atoms with E-state index in [2.05, 4.69) is 4.72 Å². The van der Waals surface area contributed by atoms with Gasteiger partial charge in [-0.3, -0.25) is 4.72 Å². The zero-order chi connectivity index (χ0) is 14.3. The molecule has 0 amide bonds. The molecule has 106 valence electrons. The van der Waals surface area contributed by atoms with Crippen LogP contribution in [0.15, 0.2) is 23.1 Å². The third-order valence-corrected chi connectivity index (χ3v) is 5.08. The molecule has 1 aromatic rings. The van der Waals surface area contributed by atoms with Crippen molar-refractivity contribution in [2.75, 3.05) is 10.5 Å². The van der Waals surface area contributed by atoms with E-state index in [-0.39, 0.29) is 17.4 Å². The van der Waals surface area contributed by atoms with E-state index in [0.717, 1.165) is 31.0 Å². The fourth-order valence-electron chi connectivity index (χ4n) is 1.63. The summed E-state index contributed by atoms with van der Waals surface area (Å²) < 4.78 is 61.3. The van der Waals surface area contributed by atoms with Crippen LogP contribution in [0.4, 0.5) is 10.1 Å². The highest BCUT2D eigenvalue weighted by molar-refractivity contribution is 7.93. The first-order valence-electron chi connectivity index (χ1n) is 5.50. The Kier molecular flexibility index (Phi) is 3.54. The molecule has 1 fully saturated rings. The molecule has 0 aromatic heterocycles. The number of hydrogen-bond acceptors (Lipinski definition) is 4. The van der Waals surface area contributed by atoms with Crippen molar-refractivity contribution in [1.29, 1.82) is 0 Å². The van der Waals surface area contributed by atoms with Gasteiger partial charge in [-0.25, -0.2) is 26.4 Å². The number of sulfonamides is 2. The molecule has 6 nitrogen and oxygen atoms in total. The average molecular weight is 308 g/mol. The lowest BCUT2D eigenvalue weighted by atomic mass is 10.3. The summed E-state index contributed by atoms with van der Waals surface area (Å²) in [6, 6.07) is 2.63. The number of nitrogens with two attached hydrogens (primary N) is 1. The maximum atomic E-state index is 13.1. The summed E-state index contributed by atoms with van der Waals surface area (Å²) in [6.45, 7) is 0. The lowest BCUT2D eigenvalue weighted by molar-refractivity contribution is 0.596. The molecule has 1 saturated carbocycles. The standard InChI is InChI=1S/C10H13FN2O4S2/c11-8-3-4-10(19(12,16)17)9(5-8)13-18(14,15)6-7-1-2-7/h3-5,7,13H,1-2,6H2,(H2,12,16,17). The van der Waals surface area contributed by atoms with Gasteiger partial charge in [-0.05, 0) is 37.0 Å². The van der Waals surface area contributed by atoms with Gasteiger partial charge < -0.3 is 0 Å². The smallest absolute Gasteiger partial charge is 0.240 e. The SMILES string of the molecule is NS(=O)(=O)c1ccc(F)cc1NS(=O)(=O)CC1CC1. The Hall–Kier alpha value is -1.19. The summed E-state index contributed by atoms with van der Waals surface area (Å²) >= 11 is 0. The maximum Gasteiger partial charge on any atom is 0.240 e. The number of anilines is 1. The number of benzene rings is 1. The third-order valence-electron chi connectivity index (χ3n) is 2.67. The zero-order valence-corrected chi connectivity index (χ0v) is 11.5. The van der Waals surface area contributed by atoms with E-state index in [1.165, 1.54) is 0 Å². The Balaban J connectivity index is 2.35. The molecule has 1 aromatic carbocycles. The second-order valence-electron chi connectivity index (χ2n) is 4.51. The number of hydrogen-bond donors (Lipinski definition) is 2. The fraction of sp³-hybridized carbons (Fsp3) is 0.400.